The fourth-order valence-electron chi connectivity index (χ4n) is 3.77. The van der Waals surface area contributed by atoms with Gasteiger partial charge >= 0.3 is 5.69 Å². The fourth-order valence-corrected chi connectivity index (χ4v) is 3.77. The van der Waals surface area contributed by atoms with Crippen molar-refractivity contribution >= 4 is 5.65 Å². The molecule has 0 bridgehead atoms. The number of nitrogens with one attached hydrogen (secondary N) is 2. The highest BCUT2D eigenvalue weighted by Crippen LogP contribution is 2.56. The first-order valence-electron chi connectivity index (χ1n) is 9.02. The number of halogens is 2. The Morgan fingerprint density at radius 2 is 1.97 bits per heavy atom. The third-order valence-electron chi connectivity index (χ3n) is 5.30. The van der Waals surface area contributed by atoms with Crippen molar-refractivity contribution in [1.82, 2.24) is 24.6 Å². The Labute approximate surface area is 166 Å². The minimum Gasteiger partial charge on any atom is -0.313 e. The molecule has 0 unspecified atom stereocenters. The Kier molecular flexibility index (Phi) is 3.86. The van der Waals surface area contributed by atoms with Crippen molar-refractivity contribution in [2.45, 2.75) is 18.3 Å². The van der Waals surface area contributed by atoms with E-state index in [1.54, 1.807) is 24.5 Å². The van der Waals surface area contributed by atoms with Crippen molar-refractivity contribution in [2.75, 3.05) is 0 Å². The van der Waals surface area contributed by atoms with Crippen LogP contribution in [-0.4, -0.2) is 24.6 Å². The lowest BCUT2D eigenvalue weighted by Crippen LogP contribution is -2.23. The van der Waals surface area contributed by atoms with Crippen LogP contribution in [0.5, 0.6) is 0 Å². The average Bonchev–Trinajstić information content (AvgIpc) is 3.36. The van der Waals surface area contributed by atoms with Crippen molar-refractivity contribution in [3.63, 3.8) is 0 Å². The molecule has 2 N–H and O–H groups in total. The van der Waals surface area contributed by atoms with E-state index in [4.69, 9.17) is 5.26 Å². The van der Waals surface area contributed by atoms with Crippen molar-refractivity contribution in [2.24, 2.45) is 0 Å². The lowest BCUT2D eigenvalue weighted by molar-refractivity contribution is 0.496. The lowest BCUT2D eigenvalue weighted by atomic mass is 10.0. The van der Waals surface area contributed by atoms with Crippen LogP contribution >= 0.6 is 0 Å². The van der Waals surface area contributed by atoms with Crippen LogP contribution < -0.4 is 11.2 Å². The third-order valence-corrected chi connectivity index (χ3v) is 5.30. The molecular weight excluding hydrogens is 394 g/mol. The molecule has 0 saturated heterocycles. The summed E-state index contributed by atoms with van der Waals surface area (Å²) < 4.78 is 30.0. The Bertz CT molecular complexity index is 1480. The molecule has 4 aromatic rings. The maximum Gasteiger partial charge on any atom is 0.325 e. The van der Waals surface area contributed by atoms with Crippen LogP contribution in [0.25, 0.3) is 16.9 Å². The average molecular weight is 406 g/mol. The van der Waals surface area contributed by atoms with Gasteiger partial charge in [0.05, 0.1) is 16.8 Å². The molecule has 8 nitrogen and oxygen atoms in total. The van der Waals surface area contributed by atoms with Gasteiger partial charge in [0.2, 0.25) is 0 Å². The number of aromatic nitrogens is 5. The van der Waals surface area contributed by atoms with E-state index >= 15 is 0 Å². The second-order valence-electron chi connectivity index (χ2n) is 7.06. The number of imidazole rings is 1. The largest absolute Gasteiger partial charge is 0.325 e. The van der Waals surface area contributed by atoms with Gasteiger partial charge in [-0.1, -0.05) is 6.07 Å². The monoisotopic (exact) mass is 406 g/mol. The summed E-state index contributed by atoms with van der Waals surface area (Å²) in [4.78, 5) is 32.3. The third kappa shape index (κ3) is 2.71. The molecule has 3 aromatic heterocycles. The van der Waals surface area contributed by atoms with Crippen LogP contribution in [0.4, 0.5) is 8.78 Å². The zero-order chi connectivity index (χ0) is 21.0. The van der Waals surface area contributed by atoms with E-state index in [0.29, 0.717) is 17.8 Å². The highest BCUT2D eigenvalue weighted by Gasteiger charge is 2.43. The van der Waals surface area contributed by atoms with E-state index in [1.807, 2.05) is 0 Å². The van der Waals surface area contributed by atoms with Crippen molar-refractivity contribution in [1.29, 1.82) is 5.26 Å². The van der Waals surface area contributed by atoms with Gasteiger partial charge in [-0.05, 0) is 36.0 Å². The van der Waals surface area contributed by atoms with Gasteiger partial charge < -0.3 is 4.98 Å². The molecule has 0 aliphatic heterocycles. The molecule has 2 atom stereocenters. The van der Waals surface area contributed by atoms with E-state index in [-0.39, 0.29) is 28.5 Å². The van der Waals surface area contributed by atoms with Crippen molar-refractivity contribution in [3.05, 3.63) is 86.0 Å². The number of nitriles is 1. The number of rotatable bonds is 3. The molecule has 1 aromatic carbocycles. The van der Waals surface area contributed by atoms with E-state index in [0.717, 1.165) is 5.56 Å². The Balaban J connectivity index is 1.60. The first-order valence-corrected chi connectivity index (χ1v) is 9.02. The topological polar surface area (TPSA) is 120 Å². The van der Waals surface area contributed by atoms with Crippen LogP contribution in [0.3, 0.4) is 0 Å². The highest BCUT2D eigenvalue weighted by atomic mass is 19.2. The van der Waals surface area contributed by atoms with Crippen LogP contribution in [-0.2, 0) is 0 Å². The number of H-pyrrole nitrogens is 2. The van der Waals surface area contributed by atoms with Crippen LogP contribution in [0.15, 0.2) is 46.4 Å². The first kappa shape index (κ1) is 17.9. The molecule has 1 saturated carbocycles. The van der Waals surface area contributed by atoms with Crippen LogP contribution in [0.1, 0.15) is 34.9 Å². The quantitative estimate of drug-likeness (QED) is 0.541. The van der Waals surface area contributed by atoms with Gasteiger partial charge in [0, 0.05) is 24.2 Å². The minimum absolute atomic E-state index is 0.166. The standard InChI is InChI=1S/C20H12F2N6O2/c21-16-9(7-23)1-2-10(17(16)22)11-5-12(11)13-6-15(27-28-4-3-24-18(13)28)14-8-25-20(30)26-19(14)29/h1-4,6,8,11-12H,5H2,(H2,25,26,29,30)/t11-,12+/m1/s1. The first-order chi connectivity index (χ1) is 14.5. The Morgan fingerprint density at radius 3 is 2.73 bits per heavy atom. The summed E-state index contributed by atoms with van der Waals surface area (Å²) in [6, 6.07) is 6.00. The molecule has 0 spiro atoms. The zero-order valence-electron chi connectivity index (χ0n) is 15.2. The predicted octanol–water partition coefficient (Wildman–Crippen LogP) is 2.19. The van der Waals surface area contributed by atoms with E-state index < -0.39 is 22.9 Å². The molecular formula is C20H12F2N6O2. The maximum absolute atomic E-state index is 14.5. The van der Waals surface area contributed by atoms with Gasteiger partial charge in [-0.3, -0.25) is 9.78 Å². The second kappa shape index (κ2) is 6.45. The smallest absolute Gasteiger partial charge is 0.313 e. The molecule has 3 heterocycles. The number of hydrogen-bond donors (Lipinski definition) is 2. The summed E-state index contributed by atoms with van der Waals surface area (Å²) in [6.45, 7) is 0. The van der Waals surface area contributed by atoms with Crippen LogP contribution in [0, 0.1) is 23.0 Å². The number of benzene rings is 1. The fraction of sp³-hybridized carbons (Fsp3) is 0.150. The summed E-state index contributed by atoms with van der Waals surface area (Å²) in [5, 5.41) is 13.2. The van der Waals surface area contributed by atoms with Gasteiger partial charge in [-0.25, -0.2) is 23.1 Å². The van der Waals surface area contributed by atoms with Gasteiger partial charge in [0.1, 0.15) is 6.07 Å². The molecule has 1 aliphatic rings. The molecule has 1 aliphatic carbocycles. The molecule has 30 heavy (non-hydrogen) atoms. The van der Waals surface area contributed by atoms with E-state index in [2.05, 4.69) is 20.1 Å². The minimum atomic E-state index is -1.15. The summed E-state index contributed by atoms with van der Waals surface area (Å²) in [5.74, 6) is -2.63. The van der Waals surface area contributed by atoms with Gasteiger partial charge in [0.15, 0.2) is 17.3 Å². The molecule has 148 valence electrons. The number of aromatic amines is 2. The molecule has 5 rings (SSSR count). The predicted molar refractivity (Wildman–Crippen MR) is 101 cm³/mol. The summed E-state index contributed by atoms with van der Waals surface area (Å²) in [5.41, 5.74) is 0.377. The Morgan fingerprint density at radius 1 is 1.17 bits per heavy atom. The van der Waals surface area contributed by atoms with Crippen LogP contribution in [0.2, 0.25) is 0 Å². The molecule has 10 heteroatoms. The van der Waals surface area contributed by atoms with E-state index in [9.17, 15) is 18.4 Å². The SMILES string of the molecule is N#Cc1ccc([C@H]2C[C@@H]2c2cc(-c3c[nH]c(=O)[nH]c3=O)nn3ccnc23)c(F)c1F. The molecule has 0 radical (unpaired) electrons. The summed E-state index contributed by atoms with van der Waals surface area (Å²) in [7, 11) is 0. The van der Waals surface area contributed by atoms with Crippen molar-refractivity contribution < 1.29 is 8.78 Å². The normalized spacial score (nSPS) is 17.8. The maximum atomic E-state index is 14.5. The number of fused-ring (bicyclic) bond motifs is 1. The number of nitrogens with zero attached hydrogens (tertiary/aromatic N) is 4. The highest BCUT2D eigenvalue weighted by molar-refractivity contribution is 5.63. The number of hydrogen-bond acceptors (Lipinski definition) is 5. The molecule has 0 amide bonds. The second-order valence-corrected chi connectivity index (χ2v) is 7.06. The van der Waals surface area contributed by atoms with E-state index in [1.165, 1.54) is 22.8 Å². The summed E-state index contributed by atoms with van der Waals surface area (Å²) in [6.07, 6.45) is 4.99. The van der Waals surface area contributed by atoms with Gasteiger partial charge in [-0.15, -0.1) is 0 Å². The van der Waals surface area contributed by atoms with Crippen molar-refractivity contribution in [3.8, 4) is 17.3 Å². The van der Waals surface area contributed by atoms with Gasteiger partial charge in [-0.2, -0.15) is 10.4 Å². The Hall–Kier alpha value is -4.13. The summed E-state index contributed by atoms with van der Waals surface area (Å²) >= 11 is 0. The molecule has 1 fully saturated rings. The lowest BCUT2D eigenvalue weighted by Gasteiger charge is -2.08. The zero-order valence-corrected chi connectivity index (χ0v) is 15.2. The van der Waals surface area contributed by atoms with Gasteiger partial charge in [0.25, 0.3) is 5.56 Å².